The SMILES string of the molecule is CC(C)CCC[C@@H](C)[C@H]1CC[C@H]2[C@@H]3CC=C4C[C@@H](OCCCN5C=C(CS[C@@H]6O[C@H](CO)[C@@H](O)[C@H](O)[C@H]6O)NN5)CC[C@]4(C)[C@H]3CC[C@]12C. The number of hydrogen-bond donors (Lipinski definition) is 6. The van der Waals surface area contributed by atoms with Crippen molar-refractivity contribution < 1.29 is 29.9 Å². The molecule has 9 nitrogen and oxygen atoms in total. The summed E-state index contributed by atoms with van der Waals surface area (Å²) in [6, 6.07) is 0. The quantitative estimate of drug-likeness (QED) is 0.102. The minimum absolute atomic E-state index is 0.318. The highest BCUT2D eigenvalue weighted by molar-refractivity contribution is 8.00. The van der Waals surface area contributed by atoms with Gasteiger partial charge in [0.15, 0.2) is 0 Å². The molecule has 0 spiro atoms. The number of hydrogen-bond acceptors (Lipinski definition) is 10. The Morgan fingerprint density at radius 3 is 2.59 bits per heavy atom. The number of nitrogens with zero attached hydrogens (tertiary/aromatic N) is 1. The molecule has 0 bridgehead atoms. The topological polar surface area (TPSA) is 127 Å². The van der Waals surface area contributed by atoms with Crippen molar-refractivity contribution in [3.8, 4) is 0 Å². The van der Waals surface area contributed by atoms with E-state index in [0.717, 1.165) is 73.6 Å². The van der Waals surface area contributed by atoms with Crippen molar-refractivity contribution in [3.63, 3.8) is 0 Å². The first-order valence-corrected chi connectivity index (χ1v) is 20.7. The number of rotatable bonds is 14. The summed E-state index contributed by atoms with van der Waals surface area (Å²) in [4.78, 5) is 0. The van der Waals surface area contributed by atoms with Crippen LogP contribution in [0, 0.1) is 46.3 Å². The smallest absolute Gasteiger partial charge is 0.132 e. The van der Waals surface area contributed by atoms with Gasteiger partial charge in [0.05, 0.1) is 18.4 Å². The molecule has 49 heavy (non-hydrogen) atoms. The summed E-state index contributed by atoms with van der Waals surface area (Å²) in [6.07, 6.45) is 15.9. The summed E-state index contributed by atoms with van der Waals surface area (Å²) in [5, 5.41) is 41.8. The molecule has 13 atom stereocenters. The molecule has 1 saturated heterocycles. The van der Waals surface area contributed by atoms with Gasteiger partial charge >= 0.3 is 0 Å². The highest BCUT2D eigenvalue weighted by atomic mass is 32.2. The standard InChI is InChI=1S/C39H67N3O6S/c1-24(2)8-6-9-25(3)30-12-13-31-29-11-10-26-20-28(14-16-38(26,4)32(29)15-17-39(30,31)5)47-19-7-18-42-21-27(40-41-42)23-49-37-36(46)35(45)34(44)33(22-43)48-37/h10,21,24-25,28-37,40-41,43-46H,6-9,11-20,22-23H2,1-5H3/t25-,28+,29+,30-,31+,32+,33-,34-,35+,36-,37+,38+,39-/m1/s1. The van der Waals surface area contributed by atoms with Gasteiger partial charge in [0, 0.05) is 25.1 Å². The van der Waals surface area contributed by atoms with E-state index in [1.807, 2.05) is 11.2 Å². The second-order valence-corrected chi connectivity index (χ2v) is 18.6. The fourth-order valence-electron chi connectivity index (χ4n) is 11.2. The first kappa shape index (κ1) is 37.9. The van der Waals surface area contributed by atoms with Crippen molar-refractivity contribution in [2.75, 3.05) is 25.5 Å². The fraction of sp³-hybridized carbons (Fsp3) is 0.897. The van der Waals surface area contributed by atoms with Gasteiger partial charge in [-0.3, -0.25) is 5.01 Å². The predicted molar refractivity (Wildman–Crippen MR) is 195 cm³/mol. The maximum Gasteiger partial charge on any atom is 0.132 e. The van der Waals surface area contributed by atoms with Gasteiger partial charge in [-0.25, -0.2) is 0 Å². The number of allylic oxidation sites excluding steroid dienone is 1. The summed E-state index contributed by atoms with van der Waals surface area (Å²) < 4.78 is 12.1. The van der Waals surface area contributed by atoms with Crippen molar-refractivity contribution in [2.24, 2.45) is 46.3 Å². The second-order valence-electron chi connectivity index (χ2n) is 17.5. The molecule has 4 fully saturated rings. The van der Waals surface area contributed by atoms with Crippen molar-refractivity contribution in [1.29, 1.82) is 0 Å². The Morgan fingerprint density at radius 2 is 1.82 bits per heavy atom. The molecule has 0 unspecified atom stereocenters. The number of nitrogens with one attached hydrogen (secondary N) is 2. The molecule has 10 heteroatoms. The van der Waals surface area contributed by atoms with Crippen molar-refractivity contribution in [1.82, 2.24) is 16.0 Å². The average molecular weight is 706 g/mol. The lowest BCUT2D eigenvalue weighted by atomic mass is 9.47. The molecule has 6 aliphatic rings. The third-order valence-electron chi connectivity index (χ3n) is 14.1. The van der Waals surface area contributed by atoms with Gasteiger partial charge in [-0.1, -0.05) is 65.5 Å². The Morgan fingerprint density at radius 1 is 1.00 bits per heavy atom. The van der Waals surface area contributed by atoms with Crippen LogP contribution in [-0.2, 0) is 9.47 Å². The Hall–Kier alpha value is -0.850. The van der Waals surface area contributed by atoms with E-state index < -0.39 is 36.5 Å². The molecular formula is C39H67N3O6S. The number of thioether (sulfide) groups is 1. The molecule has 6 rings (SSSR count). The Labute approximate surface area is 300 Å². The summed E-state index contributed by atoms with van der Waals surface area (Å²) in [5.74, 6) is 5.73. The van der Waals surface area contributed by atoms with Gasteiger partial charge in [0.1, 0.15) is 29.9 Å². The molecule has 2 aliphatic heterocycles. The number of hydrazine groups is 2. The summed E-state index contributed by atoms with van der Waals surface area (Å²) in [6.45, 7) is 13.7. The van der Waals surface area contributed by atoms with Crippen molar-refractivity contribution in [2.45, 2.75) is 148 Å². The van der Waals surface area contributed by atoms with Crippen molar-refractivity contribution in [3.05, 3.63) is 23.5 Å². The number of ether oxygens (including phenoxy) is 2. The van der Waals surface area contributed by atoms with E-state index in [4.69, 9.17) is 9.47 Å². The van der Waals surface area contributed by atoms with Crippen LogP contribution in [0.3, 0.4) is 0 Å². The lowest BCUT2D eigenvalue weighted by Crippen LogP contribution is -2.57. The van der Waals surface area contributed by atoms with Crippen molar-refractivity contribution >= 4 is 11.8 Å². The minimum atomic E-state index is -1.35. The van der Waals surface area contributed by atoms with Gasteiger partial charge in [-0.15, -0.1) is 17.3 Å². The van der Waals surface area contributed by atoms with Gasteiger partial charge in [-0.05, 0) is 104 Å². The third kappa shape index (κ3) is 7.92. The van der Waals surface area contributed by atoms with Crippen LogP contribution in [-0.4, -0.2) is 86.9 Å². The normalized spacial score (nSPS) is 42.6. The summed E-state index contributed by atoms with van der Waals surface area (Å²) in [7, 11) is 0. The van der Waals surface area contributed by atoms with E-state index >= 15 is 0 Å². The van der Waals surface area contributed by atoms with Crippen LogP contribution in [0.15, 0.2) is 23.5 Å². The van der Waals surface area contributed by atoms with Gasteiger partial charge in [0.25, 0.3) is 0 Å². The molecule has 0 radical (unpaired) electrons. The number of aliphatic hydroxyl groups is 4. The minimum Gasteiger partial charge on any atom is -0.394 e. The second kappa shape index (κ2) is 16.0. The molecule has 0 amide bonds. The molecule has 6 N–H and O–H groups in total. The van der Waals surface area contributed by atoms with Crippen LogP contribution >= 0.6 is 11.8 Å². The average Bonchev–Trinajstić information content (AvgIpc) is 3.69. The molecule has 0 aromatic heterocycles. The highest BCUT2D eigenvalue weighted by Crippen LogP contribution is 2.67. The predicted octanol–water partition coefficient (Wildman–Crippen LogP) is 5.50. The van der Waals surface area contributed by atoms with Crippen LogP contribution in [0.4, 0.5) is 0 Å². The zero-order valence-electron chi connectivity index (χ0n) is 30.9. The van der Waals surface area contributed by atoms with Gasteiger partial charge in [-0.2, -0.15) is 0 Å². The molecule has 280 valence electrons. The van der Waals surface area contributed by atoms with Gasteiger partial charge in [0.2, 0.25) is 0 Å². The van der Waals surface area contributed by atoms with Crippen LogP contribution in [0.5, 0.6) is 0 Å². The maximum absolute atomic E-state index is 10.3. The van der Waals surface area contributed by atoms with Crippen LogP contribution in [0.1, 0.15) is 112 Å². The Balaban J connectivity index is 0.935. The summed E-state index contributed by atoms with van der Waals surface area (Å²) in [5.41, 5.74) is 9.10. The highest BCUT2D eigenvalue weighted by Gasteiger charge is 2.59. The zero-order chi connectivity index (χ0) is 34.9. The zero-order valence-corrected chi connectivity index (χ0v) is 31.7. The van der Waals surface area contributed by atoms with Crippen LogP contribution in [0.2, 0.25) is 0 Å². The van der Waals surface area contributed by atoms with E-state index in [-0.39, 0.29) is 0 Å². The number of fused-ring (bicyclic) bond motifs is 5. The lowest BCUT2D eigenvalue weighted by molar-refractivity contribution is -0.205. The van der Waals surface area contributed by atoms with E-state index in [1.54, 1.807) is 5.57 Å². The Kier molecular flexibility index (Phi) is 12.4. The molecule has 4 aliphatic carbocycles. The Bertz CT molecular complexity index is 1170. The monoisotopic (exact) mass is 705 g/mol. The van der Waals surface area contributed by atoms with Crippen LogP contribution < -0.4 is 11.0 Å². The van der Waals surface area contributed by atoms with Crippen LogP contribution in [0.25, 0.3) is 0 Å². The largest absolute Gasteiger partial charge is 0.394 e. The third-order valence-corrected chi connectivity index (χ3v) is 15.3. The molecule has 2 heterocycles. The maximum atomic E-state index is 10.3. The molecular weight excluding hydrogens is 639 g/mol. The van der Waals surface area contributed by atoms with E-state index in [2.05, 4.69) is 51.7 Å². The summed E-state index contributed by atoms with van der Waals surface area (Å²) >= 11 is 1.32. The molecule has 3 saturated carbocycles. The lowest BCUT2D eigenvalue weighted by Gasteiger charge is -2.58. The van der Waals surface area contributed by atoms with E-state index in [9.17, 15) is 20.4 Å². The number of aliphatic hydroxyl groups excluding tert-OH is 4. The molecule has 0 aromatic carbocycles. The first-order chi connectivity index (χ1) is 23.4. The molecule has 0 aromatic rings. The van der Waals surface area contributed by atoms with E-state index in [0.29, 0.717) is 22.7 Å². The fourth-order valence-corrected chi connectivity index (χ4v) is 12.3. The van der Waals surface area contributed by atoms with Gasteiger partial charge < -0.3 is 35.3 Å². The van der Waals surface area contributed by atoms with E-state index in [1.165, 1.54) is 69.5 Å². The first-order valence-electron chi connectivity index (χ1n) is 19.7.